The summed E-state index contributed by atoms with van der Waals surface area (Å²) in [4.78, 5) is 39.7. The fraction of sp³-hybridized carbons (Fsp3) is 0.333. The van der Waals surface area contributed by atoms with Gasteiger partial charge in [0.25, 0.3) is 5.91 Å². The zero-order valence-electron chi connectivity index (χ0n) is 19.5. The van der Waals surface area contributed by atoms with Crippen LogP contribution in [0.2, 0.25) is 0 Å². The van der Waals surface area contributed by atoms with Gasteiger partial charge in [0, 0.05) is 25.4 Å². The number of aromatic nitrogens is 2. The number of rotatable bonds is 3. The second-order valence-corrected chi connectivity index (χ2v) is 9.22. The molecule has 0 fully saturated rings. The fourth-order valence-corrected chi connectivity index (χ4v) is 5.31. The summed E-state index contributed by atoms with van der Waals surface area (Å²) in [7, 11) is 0. The van der Waals surface area contributed by atoms with Gasteiger partial charge in [0.05, 0.1) is 12.2 Å². The van der Waals surface area contributed by atoms with Crippen molar-refractivity contribution in [2.75, 3.05) is 6.54 Å². The summed E-state index contributed by atoms with van der Waals surface area (Å²) in [5, 5.41) is 4.43. The Labute approximate surface area is 198 Å². The van der Waals surface area contributed by atoms with Crippen molar-refractivity contribution in [1.29, 1.82) is 0 Å². The van der Waals surface area contributed by atoms with E-state index in [9.17, 15) is 14.4 Å². The van der Waals surface area contributed by atoms with Gasteiger partial charge in [0.15, 0.2) is 5.69 Å². The zero-order valence-corrected chi connectivity index (χ0v) is 19.5. The van der Waals surface area contributed by atoms with Crippen LogP contribution < -0.4 is 10.2 Å². The number of hydrogen-bond donors (Lipinski definition) is 0. The molecule has 1 amide bonds. The molecule has 0 radical (unpaired) electrons. The van der Waals surface area contributed by atoms with E-state index in [-0.39, 0.29) is 35.4 Å². The van der Waals surface area contributed by atoms with Crippen molar-refractivity contribution in [2.24, 2.45) is 0 Å². The molecule has 1 aliphatic heterocycles. The minimum absolute atomic E-state index is 0.0341. The van der Waals surface area contributed by atoms with E-state index < -0.39 is 11.4 Å². The summed E-state index contributed by atoms with van der Waals surface area (Å²) in [6.07, 6.45) is 2.99. The van der Waals surface area contributed by atoms with E-state index in [1.54, 1.807) is 9.58 Å². The Morgan fingerprint density at radius 2 is 1.59 bits per heavy atom. The lowest BCUT2D eigenvalue weighted by Gasteiger charge is -2.41. The van der Waals surface area contributed by atoms with E-state index in [1.807, 2.05) is 26.0 Å². The van der Waals surface area contributed by atoms with Crippen LogP contribution in [0, 0.1) is 0 Å². The highest BCUT2D eigenvalue weighted by atomic mass is 16.5. The monoisotopic (exact) mass is 457 g/mol. The van der Waals surface area contributed by atoms with Gasteiger partial charge in [-0.2, -0.15) is 5.10 Å². The van der Waals surface area contributed by atoms with Crippen LogP contribution in [0.1, 0.15) is 65.5 Å². The molecule has 0 saturated heterocycles. The number of carbonyl (C=O) groups excluding carboxylic acids is 2. The van der Waals surface area contributed by atoms with Gasteiger partial charge in [-0.05, 0) is 48.9 Å². The lowest BCUT2D eigenvalue weighted by Crippen LogP contribution is -2.50. The van der Waals surface area contributed by atoms with Crippen molar-refractivity contribution in [1.82, 2.24) is 14.7 Å². The van der Waals surface area contributed by atoms with Gasteiger partial charge in [-0.1, -0.05) is 48.5 Å². The van der Waals surface area contributed by atoms with Crippen molar-refractivity contribution in [3.8, 4) is 5.75 Å². The molecule has 7 heteroatoms. The summed E-state index contributed by atoms with van der Waals surface area (Å²) in [6, 6.07) is 16.4. The second kappa shape index (κ2) is 8.56. The minimum atomic E-state index is -0.651. The number of aryl methyl sites for hydroxylation is 2. The first-order valence-corrected chi connectivity index (χ1v) is 11.6. The maximum atomic E-state index is 13.5. The van der Waals surface area contributed by atoms with Crippen molar-refractivity contribution in [3.05, 3.63) is 92.9 Å². The summed E-state index contributed by atoms with van der Waals surface area (Å²) in [6.45, 7) is 5.53. The molecule has 1 atom stereocenters. The molecule has 0 spiro atoms. The van der Waals surface area contributed by atoms with Crippen molar-refractivity contribution in [2.45, 2.75) is 51.6 Å². The first kappa shape index (κ1) is 22.1. The average Bonchev–Trinajstić information content (AvgIpc) is 2.98. The summed E-state index contributed by atoms with van der Waals surface area (Å²) < 4.78 is 6.90. The van der Waals surface area contributed by atoms with Crippen LogP contribution in [0.3, 0.4) is 0 Å². The Kier molecular flexibility index (Phi) is 5.55. The molecule has 1 aliphatic carbocycles. The van der Waals surface area contributed by atoms with E-state index in [4.69, 9.17) is 4.74 Å². The highest BCUT2D eigenvalue weighted by Crippen LogP contribution is 2.44. The molecule has 0 unspecified atom stereocenters. The maximum Gasteiger partial charge on any atom is 0.308 e. The van der Waals surface area contributed by atoms with Gasteiger partial charge < -0.3 is 9.64 Å². The van der Waals surface area contributed by atoms with E-state index in [1.165, 1.54) is 29.2 Å². The van der Waals surface area contributed by atoms with Gasteiger partial charge >= 0.3 is 5.97 Å². The van der Waals surface area contributed by atoms with E-state index >= 15 is 0 Å². The number of hydrogen-bond acceptors (Lipinski definition) is 5. The van der Waals surface area contributed by atoms with E-state index in [0.29, 0.717) is 6.54 Å². The lowest BCUT2D eigenvalue weighted by atomic mass is 9.81. The molecule has 174 valence electrons. The highest BCUT2D eigenvalue weighted by Gasteiger charge is 2.42. The number of fused-ring (bicyclic) bond motifs is 3. The van der Waals surface area contributed by atoms with Crippen LogP contribution in [0.15, 0.2) is 59.5 Å². The summed E-state index contributed by atoms with van der Waals surface area (Å²) >= 11 is 0. The molecule has 1 aromatic heterocycles. The van der Waals surface area contributed by atoms with Gasteiger partial charge in [-0.3, -0.25) is 19.1 Å². The molecular weight excluding hydrogens is 430 g/mol. The smallest absolute Gasteiger partial charge is 0.308 e. The van der Waals surface area contributed by atoms with E-state index in [2.05, 4.69) is 41.5 Å². The molecule has 0 bridgehead atoms. The van der Waals surface area contributed by atoms with E-state index in [0.717, 1.165) is 19.0 Å². The third-order valence-corrected chi connectivity index (χ3v) is 6.83. The molecule has 7 nitrogen and oxygen atoms in total. The third kappa shape index (κ3) is 3.61. The third-order valence-electron chi connectivity index (χ3n) is 6.83. The number of amides is 1. The van der Waals surface area contributed by atoms with Gasteiger partial charge in [-0.25, -0.2) is 0 Å². The SMILES string of the molecule is CC(=O)Oc1c2n(ncc1=O)[C@@H](C1c3ccccc3CCc3ccccc31)CN(C(C)C)C2=O. The second-order valence-electron chi connectivity index (χ2n) is 9.22. The fourth-order valence-electron chi connectivity index (χ4n) is 5.31. The molecule has 0 N–H and O–H groups in total. The molecular formula is C27H27N3O4. The predicted molar refractivity (Wildman–Crippen MR) is 127 cm³/mol. The zero-order chi connectivity index (χ0) is 24.0. The molecule has 2 heterocycles. The van der Waals surface area contributed by atoms with Crippen molar-refractivity contribution >= 4 is 11.9 Å². The first-order valence-electron chi connectivity index (χ1n) is 11.6. The highest BCUT2D eigenvalue weighted by molar-refractivity contribution is 5.96. The predicted octanol–water partition coefficient (Wildman–Crippen LogP) is 3.50. The number of nitrogens with zero attached hydrogens (tertiary/aromatic N) is 3. The average molecular weight is 458 g/mol. The lowest BCUT2D eigenvalue weighted by molar-refractivity contribution is -0.132. The maximum absolute atomic E-state index is 13.5. The largest absolute Gasteiger partial charge is 0.420 e. The first-order chi connectivity index (χ1) is 16.4. The number of esters is 1. The minimum Gasteiger partial charge on any atom is -0.420 e. The van der Waals surface area contributed by atoms with Gasteiger partial charge in [0.1, 0.15) is 0 Å². The number of carbonyl (C=O) groups is 2. The van der Waals surface area contributed by atoms with Gasteiger partial charge in [0.2, 0.25) is 11.2 Å². The topological polar surface area (TPSA) is 81.5 Å². The molecule has 0 saturated carbocycles. The van der Waals surface area contributed by atoms with Crippen LogP contribution in [-0.4, -0.2) is 39.1 Å². The van der Waals surface area contributed by atoms with Crippen LogP contribution in [-0.2, 0) is 17.6 Å². The Bertz CT molecular complexity index is 1300. The van der Waals surface area contributed by atoms with Crippen molar-refractivity contribution in [3.63, 3.8) is 0 Å². The Hall–Kier alpha value is -3.74. The molecule has 34 heavy (non-hydrogen) atoms. The Morgan fingerprint density at radius 1 is 1.00 bits per heavy atom. The molecule has 2 aliphatic rings. The summed E-state index contributed by atoms with van der Waals surface area (Å²) in [5.74, 6) is -1.36. The normalized spacial score (nSPS) is 17.6. The van der Waals surface area contributed by atoms with Crippen LogP contribution >= 0.6 is 0 Å². The summed E-state index contributed by atoms with van der Waals surface area (Å²) in [5.41, 5.74) is 4.36. The number of benzene rings is 2. The number of ether oxygens (including phenoxy) is 1. The Balaban J connectivity index is 1.79. The van der Waals surface area contributed by atoms with Crippen LogP contribution in [0.4, 0.5) is 0 Å². The van der Waals surface area contributed by atoms with Crippen LogP contribution in [0.25, 0.3) is 0 Å². The van der Waals surface area contributed by atoms with Crippen molar-refractivity contribution < 1.29 is 14.3 Å². The van der Waals surface area contributed by atoms with Gasteiger partial charge in [-0.15, -0.1) is 0 Å². The van der Waals surface area contributed by atoms with Crippen LogP contribution in [0.5, 0.6) is 5.75 Å². The standard InChI is InChI=1S/C27H27N3O4/c1-16(2)29-15-22(30-25(27(29)33)26(34-17(3)31)23(32)14-28-30)24-20-10-6-4-8-18(20)12-13-19-9-5-7-11-21(19)24/h4-11,14,16,22,24H,12-13,15H2,1-3H3/t22-/m1/s1. The molecule has 3 aromatic rings. The quantitative estimate of drug-likeness (QED) is 0.563. The Morgan fingerprint density at radius 3 is 2.15 bits per heavy atom. The molecule has 2 aromatic carbocycles. The molecule has 5 rings (SSSR count).